The largest absolute Gasteiger partial charge is 0.496 e. The molecule has 0 aliphatic carbocycles. The number of aromatic nitrogens is 1. The summed E-state index contributed by atoms with van der Waals surface area (Å²) in [5.74, 6) is -0.911. The first-order valence-corrected chi connectivity index (χ1v) is 8.07. The minimum absolute atomic E-state index is 0.0379. The average molecular weight is 377 g/mol. The van der Waals surface area contributed by atoms with Gasteiger partial charge < -0.3 is 19.3 Å². The van der Waals surface area contributed by atoms with Gasteiger partial charge in [-0.3, -0.25) is 14.9 Å². The molecule has 0 fully saturated rings. The summed E-state index contributed by atoms with van der Waals surface area (Å²) in [6.07, 6.45) is -0.737. The highest BCUT2D eigenvalue weighted by molar-refractivity contribution is 5.99. The highest BCUT2D eigenvalue weighted by atomic mass is 16.6. The van der Waals surface area contributed by atoms with Gasteiger partial charge in [0, 0.05) is 0 Å². The van der Waals surface area contributed by atoms with Gasteiger partial charge in [0.2, 0.25) is 0 Å². The van der Waals surface area contributed by atoms with Gasteiger partial charge in [0.05, 0.1) is 23.8 Å². The van der Waals surface area contributed by atoms with Crippen molar-refractivity contribution in [1.29, 1.82) is 0 Å². The fourth-order valence-corrected chi connectivity index (χ4v) is 2.32. The summed E-state index contributed by atoms with van der Waals surface area (Å²) in [6, 6.07) is 3.98. The van der Waals surface area contributed by atoms with Crippen molar-refractivity contribution in [2.45, 2.75) is 33.3 Å². The molecule has 10 nitrogen and oxygen atoms in total. The number of nitrogens with zero attached hydrogens (tertiary/aromatic N) is 2. The maximum atomic E-state index is 12.3. The predicted molar refractivity (Wildman–Crippen MR) is 93.8 cm³/mol. The Balaban J connectivity index is 2.13. The van der Waals surface area contributed by atoms with Gasteiger partial charge in [-0.15, -0.1) is 0 Å². The number of ether oxygens (including phenoxy) is 2. The number of methoxy groups -OCH3 is 1. The van der Waals surface area contributed by atoms with Gasteiger partial charge in [-0.2, -0.15) is 0 Å². The van der Waals surface area contributed by atoms with Crippen molar-refractivity contribution in [1.82, 2.24) is 5.16 Å². The van der Waals surface area contributed by atoms with E-state index < -0.39 is 22.9 Å². The summed E-state index contributed by atoms with van der Waals surface area (Å²) < 4.78 is 15.1. The van der Waals surface area contributed by atoms with Crippen LogP contribution in [0.4, 0.5) is 11.4 Å². The average Bonchev–Trinajstić information content (AvgIpc) is 3.02. The lowest BCUT2D eigenvalue weighted by Crippen LogP contribution is -2.30. The van der Waals surface area contributed by atoms with Gasteiger partial charge in [-0.05, 0) is 32.4 Å². The first-order valence-electron chi connectivity index (χ1n) is 8.07. The van der Waals surface area contributed by atoms with Crippen LogP contribution in [0.1, 0.15) is 35.7 Å². The minimum atomic E-state index is -1.20. The molecule has 0 spiro atoms. The van der Waals surface area contributed by atoms with Gasteiger partial charge in [-0.25, -0.2) is 4.79 Å². The molecule has 0 aliphatic heterocycles. The molecular formula is C17H19N3O7. The van der Waals surface area contributed by atoms with E-state index in [0.717, 1.165) is 0 Å². The van der Waals surface area contributed by atoms with Crippen LogP contribution in [0.3, 0.4) is 0 Å². The molecule has 1 N–H and O–H groups in total. The Morgan fingerprint density at radius 3 is 2.70 bits per heavy atom. The second kappa shape index (κ2) is 8.30. The molecule has 1 aromatic carbocycles. The second-order valence-electron chi connectivity index (χ2n) is 5.59. The van der Waals surface area contributed by atoms with Crippen LogP contribution in [0.25, 0.3) is 0 Å². The Labute approximate surface area is 154 Å². The number of hydrogen-bond donors (Lipinski definition) is 1. The predicted octanol–water partition coefficient (Wildman–Crippen LogP) is 2.65. The van der Waals surface area contributed by atoms with Crippen LogP contribution in [0.15, 0.2) is 22.7 Å². The normalized spacial score (nSPS) is 11.6. The first kappa shape index (κ1) is 19.9. The van der Waals surface area contributed by atoms with Crippen LogP contribution in [0.2, 0.25) is 0 Å². The van der Waals surface area contributed by atoms with Crippen molar-refractivity contribution in [3.05, 3.63) is 45.3 Å². The van der Waals surface area contributed by atoms with Crippen LogP contribution < -0.4 is 10.1 Å². The number of nitro benzene ring substituents is 1. The van der Waals surface area contributed by atoms with E-state index in [-0.39, 0.29) is 28.4 Å². The van der Waals surface area contributed by atoms with Crippen molar-refractivity contribution < 1.29 is 28.5 Å². The molecule has 0 saturated heterocycles. The van der Waals surface area contributed by atoms with E-state index in [4.69, 9.17) is 14.0 Å². The summed E-state index contributed by atoms with van der Waals surface area (Å²) in [5.41, 5.74) is 0.219. The molecule has 1 atom stereocenters. The molecule has 0 radical (unpaired) electrons. The number of aryl methyl sites for hydroxylation is 2. The molecule has 1 amide bonds. The van der Waals surface area contributed by atoms with E-state index >= 15 is 0 Å². The minimum Gasteiger partial charge on any atom is -0.496 e. The number of amides is 1. The number of hydrogen-bond acceptors (Lipinski definition) is 8. The third-order valence-electron chi connectivity index (χ3n) is 3.78. The van der Waals surface area contributed by atoms with E-state index in [1.54, 1.807) is 13.8 Å². The van der Waals surface area contributed by atoms with Gasteiger partial charge in [0.25, 0.3) is 11.6 Å². The number of nitro groups is 1. The highest BCUT2D eigenvalue weighted by Crippen LogP contribution is 2.29. The maximum Gasteiger partial charge on any atom is 0.344 e. The van der Waals surface area contributed by atoms with Crippen LogP contribution >= 0.6 is 0 Å². The van der Waals surface area contributed by atoms with Crippen LogP contribution in [-0.2, 0) is 16.0 Å². The molecule has 27 heavy (non-hydrogen) atoms. The lowest BCUT2D eigenvalue weighted by molar-refractivity contribution is -0.384. The third-order valence-corrected chi connectivity index (χ3v) is 3.78. The van der Waals surface area contributed by atoms with Gasteiger partial charge in [0.1, 0.15) is 22.8 Å². The van der Waals surface area contributed by atoms with Crippen molar-refractivity contribution >= 4 is 23.3 Å². The van der Waals surface area contributed by atoms with Crippen molar-refractivity contribution in [3.63, 3.8) is 0 Å². The van der Waals surface area contributed by atoms with Crippen LogP contribution in [0, 0.1) is 17.0 Å². The van der Waals surface area contributed by atoms with E-state index in [1.165, 1.54) is 32.2 Å². The Kier molecular flexibility index (Phi) is 6.11. The number of benzene rings is 1. The monoisotopic (exact) mass is 377 g/mol. The lowest BCUT2D eigenvalue weighted by atomic mass is 10.1. The van der Waals surface area contributed by atoms with Crippen molar-refractivity contribution in [2.75, 3.05) is 12.4 Å². The summed E-state index contributed by atoms with van der Waals surface area (Å²) >= 11 is 0. The molecule has 1 heterocycles. The second-order valence-corrected chi connectivity index (χ2v) is 5.59. The molecule has 144 valence electrons. The van der Waals surface area contributed by atoms with E-state index in [1.807, 2.05) is 0 Å². The zero-order valence-corrected chi connectivity index (χ0v) is 15.3. The fourth-order valence-electron chi connectivity index (χ4n) is 2.32. The smallest absolute Gasteiger partial charge is 0.344 e. The van der Waals surface area contributed by atoms with Gasteiger partial charge >= 0.3 is 5.97 Å². The zero-order valence-electron chi connectivity index (χ0n) is 15.3. The molecular weight excluding hydrogens is 358 g/mol. The van der Waals surface area contributed by atoms with E-state index in [2.05, 4.69) is 10.5 Å². The lowest BCUT2D eigenvalue weighted by Gasteiger charge is -2.14. The quantitative estimate of drug-likeness (QED) is 0.442. The maximum absolute atomic E-state index is 12.3. The standard InChI is InChI=1S/C17H19N3O7/c1-5-12-15(9(2)27-19-12)17(22)26-10(3)16(21)18-13-7-6-11(25-4)8-14(13)20(23)24/h6-8,10H,5H2,1-4H3,(H,18,21)/t10-/m0/s1. The number of rotatable bonds is 7. The Bertz CT molecular complexity index is 875. The highest BCUT2D eigenvalue weighted by Gasteiger charge is 2.26. The summed E-state index contributed by atoms with van der Waals surface area (Å²) in [4.78, 5) is 35.1. The first-order chi connectivity index (χ1) is 12.8. The number of carbonyl (C=O) groups excluding carboxylic acids is 2. The topological polar surface area (TPSA) is 134 Å². The summed E-state index contributed by atoms with van der Waals surface area (Å²) in [7, 11) is 1.37. The van der Waals surface area contributed by atoms with E-state index in [9.17, 15) is 19.7 Å². The molecule has 1 aromatic heterocycles. The summed E-state index contributed by atoms with van der Waals surface area (Å²) in [5, 5.41) is 17.3. The number of esters is 1. The van der Waals surface area contributed by atoms with Crippen molar-refractivity contribution in [3.8, 4) is 5.75 Å². The molecule has 2 rings (SSSR count). The molecule has 10 heteroatoms. The number of carbonyl (C=O) groups is 2. The Morgan fingerprint density at radius 1 is 1.41 bits per heavy atom. The SMILES string of the molecule is CCc1noc(C)c1C(=O)O[C@@H](C)C(=O)Nc1ccc(OC)cc1[N+](=O)[O-]. The van der Waals surface area contributed by atoms with Crippen molar-refractivity contribution in [2.24, 2.45) is 0 Å². The molecule has 0 saturated carbocycles. The number of nitrogens with one attached hydrogen (secondary N) is 1. The molecule has 0 unspecified atom stereocenters. The number of anilines is 1. The molecule has 2 aromatic rings. The molecule has 0 bridgehead atoms. The Hall–Kier alpha value is -3.43. The van der Waals surface area contributed by atoms with E-state index in [0.29, 0.717) is 12.1 Å². The summed E-state index contributed by atoms with van der Waals surface area (Å²) in [6.45, 7) is 4.72. The third kappa shape index (κ3) is 4.40. The molecule has 0 aliphatic rings. The van der Waals surface area contributed by atoms with Gasteiger partial charge in [-0.1, -0.05) is 12.1 Å². The zero-order chi connectivity index (χ0) is 20.1. The fraction of sp³-hybridized carbons (Fsp3) is 0.353. The van der Waals surface area contributed by atoms with Gasteiger partial charge in [0.15, 0.2) is 6.10 Å². The van der Waals surface area contributed by atoms with Crippen LogP contribution in [-0.4, -0.2) is 35.2 Å². The Morgan fingerprint density at radius 2 is 2.11 bits per heavy atom. The van der Waals surface area contributed by atoms with Crippen LogP contribution in [0.5, 0.6) is 5.75 Å².